The van der Waals surface area contributed by atoms with Gasteiger partial charge in [0.25, 0.3) is 7.41 Å². The van der Waals surface area contributed by atoms with Crippen molar-refractivity contribution in [3.8, 4) is 0 Å². The number of rotatable bonds is 7. The SMILES string of the molecule is C=CCONC1CN([B]C=O)C(C(C)=O)c2c1sc1ccccc21. The maximum absolute atomic E-state index is 12.3. The Morgan fingerprint density at radius 3 is 3.04 bits per heavy atom. The van der Waals surface area contributed by atoms with Gasteiger partial charge in [0.15, 0.2) is 0 Å². The summed E-state index contributed by atoms with van der Waals surface area (Å²) in [6.45, 7) is 6.06. The molecule has 123 valence electrons. The molecule has 1 radical (unpaired) electrons. The highest BCUT2D eigenvalue weighted by molar-refractivity contribution is 7.19. The first-order valence-electron chi connectivity index (χ1n) is 7.71. The van der Waals surface area contributed by atoms with Crippen molar-refractivity contribution in [2.24, 2.45) is 0 Å². The Morgan fingerprint density at radius 2 is 2.33 bits per heavy atom. The van der Waals surface area contributed by atoms with Crippen molar-refractivity contribution in [2.75, 3.05) is 13.2 Å². The first-order valence-corrected chi connectivity index (χ1v) is 8.53. The first-order chi connectivity index (χ1) is 11.7. The summed E-state index contributed by atoms with van der Waals surface area (Å²) in [6.07, 6.45) is 2.38. The highest BCUT2D eigenvalue weighted by atomic mass is 32.1. The van der Waals surface area contributed by atoms with Gasteiger partial charge >= 0.3 is 0 Å². The molecule has 0 bridgehead atoms. The van der Waals surface area contributed by atoms with Gasteiger partial charge in [-0.15, -0.1) is 17.9 Å². The number of Topliss-reactive ketones (excluding diaryl/α,β-unsaturated/α-hetero) is 1. The fraction of sp³-hybridized carbons (Fsp3) is 0.294. The molecular formula is C17H18BN2O3S. The molecule has 2 unspecified atom stereocenters. The zero-order valence-electron chi connectivity index (χ0n) is 13.4. The first kappa shape index (κ1) is 17.0. The standard InChI is InChI=1S/C17H18BN2O3S/c1-3-8-23-19-13-9-20(18-10-21)16(11(2)22)15-12-6-4-5-7-14(12)24-17(13)15/h3-7,10,13,16,19H,1,8-9H2,2H3. The van der Waals surface area contributed by atoms with Gasteiger partial charge in [0.1, 0.15) is 5.78 Å². The average molecular weight is 341 g/mol. The highest BCUT2D eigenvalue weighted by Gasteiger charge is 2.38. The predicted molar refractivity (Wildman–Crippen MR) is 96.5 cm³/mol. The summed E-state index contributed by atoms with van der Waals surface area (Å²) in [6, 6.07) is 7.45. The number of carbonyl (C=O) groups is 2. The Labute approximate surface area is 145 Å². The largest absolute Gasteiger partial charge is 0.325 e. The van der Waals surface area contributed by atoms with E-state index in [1.54, 1.807) is 29.1 Å². The molecule has 1 aliphatic heterocycles. The molecule has 3 rings (SSSR count). The summed E-state index contributed by atoms with van der Waals surface area (Å²) >= 11 is 1.66. The molecule has 0 spiro atoms. The minimum atomic E-state index is -0.446. The van der Waals surface area contributed by atoms with Gasteiger partial charge in [-0.25, -0.2) is 0 Å². The van der Waals surface area contributed by atoms with E-state index < -0.39 is 6.04 Å². The number of hydroxylamine groups is 1. The predicted octanol–water partition coefficient (Wildman–Crippen LogP) is 2.40. The summed E-state index contributed by atoms with van der Waals surface area (Å²) in [5, 5.41) is 1.05. The van der Waals surface area contributed by atoms with Crippen LogP contribution in [0.3, 0.4) is 0 Å². The highest BCUT2D eigenvalue weighted by Crippen LogP contribution is 2.44. The third-order valence-electron chi connectivity index (χ3n) is 4.04. The lowest BCUT2D eigenvalue weighted by molar-refractivity contribution is -0.121. The van der Waals surface area contributed by atoms with E-state index in [9.17, 15) is 9.59 Å². The van der Waals surface area contributed by atoms with Crippen LogP contribution in [0.2, 0.25) is 0 Å². The van der Waals surface area contributed by atoms with Crippen LogP contribution in [-0.4, -0.2) is 37.3 Å². The van der Waals surface area contributed by atoms with Crippen LogP contribution in [-0.2, 0) is 14.4 Å². The monoisotopic (exact) mass is 341 g/mol. The minimum absolute atomic E-state index is 0.0170. The lowest BCUT2D eigenvalue weighted by atomic mass is 9.82. The van der Waals surface area contributed by atoms with Crippen molar-refractivity contribution in [3.63, 3.8) is 0 Å². The van der Waals surface area contributed by atoms with Crippen LogP contribution in [0.5, 0.6) is 0 Å². The number of nitrogens with zero attached hydrogens (tertiary/aromatic N) is 1. The molecule has 2 atom stereocenters. The van der Waals surface area contributed by atoms with Gasteiger partial charge in [-0.1, -0.05) is 24.3 Å². The number of ketones is 1. The van der Waals surface area contributed by atoms with Gasteiger partial charge in [0, 0.05) is 16.1 Å². The summed E-state index contributed by atoms with van der Waals surface area (Å²) in [5.41, 5.74) is 4.00. The maximum Gasteiger partial charge on any atom is 0.294 e. The van der Waals surface area contributed by atoms with E-state index in [0.717, 1.165) is 26.7 Å². The summed E-state index contributed by atoms with van der Waals surface area (Å²) in [7, 11) is 1.43. The van der Waals surface area contributed by atoms with Gasteiger partial charge in [-0.3, -0.25) is 9.63 Å². The normalized spacial score (nSPS) is 20.5. The van der Waals surface area contributed by atoms with E-state index in [1.165, 1.54) is 7.41 Å². The van der Waals surface area contributed by atoms with Gasteiger partial charge < -0.3 is 9.61 Å². The minimum Gasteiger partial charge on any atom is -0.325 e. The van der Waals surface area contributed by atoms with Gasteiger partial charge in [-0.05, 0) is 23.9 Å². The zero-order valence-corrected chi connectivity index (χ0v) is 14.2. The lowest BCUT2D eigenvalue weighted by Crippen LogP contribution is -2.46. The fourth-order valence-corrected chi connectivity index (χ4v) is 4.42. The third kappa shape index (κ3) is 3.08. The number of thiophene rings is 1. The topological polar surface area (TPSA) is 58.6 Å². The molecule has 1 N–H and O–H groups in total. The van der Waals surface area contributed by atoms with Crippen molar-refractivity contribution in [3.05, 3.63) is 47.4 Å². The Hall–Kier alpha value is -1.80. The van der Waals surface area contributed by atoms with Crippen molar-refractivity contribution in [2.45, 2.75) is 19.0 Å². The summed E-state index contributed by atoms with van der Waals surface area (Å²) in [5.74, 6) is 0.0170. The number of hydrogen-bond acceptors (Lipinski definition) is 6. The van der Waals surface area contributed by atoms with E-state index >= 15 is 0 Å². The fourth-order valence-electron chi connectivity index (χ4n) is 3.15. The molecule has 1 aliphatic rings. The molecule has 0 fully saturated rings. The molecule has 1 aromatic carbocycles. The molecule has 0 saturated carbocycles. The second-order valence-electron chi connectivity index (χ2n) is 5.64. The molecule has 0 aliphatic carbocycles. The van der Waals surface area contributed by atoms with Crippen LogP contribution < -0.4 is 5.48 Å². The molecular weight excluding hydrogens is 323 g/mol. The lowest BCUT2D eigenvalue weighted by Gasteiger charge is -2.37. The quantitative estimate of drug-likeness (QED) is 0.276. The Morgan fingerprint density at radius 1 is 1.54 bits per heavy atom. The number of nitrogens with one attached hydrogen (secondary N) is 1. The van der Waals surface area contributed by atoms with Gasteiger partial charge in [0.05, 0.1) is 24.9 Å². The number of hydrogen-bond donors (Lipinski definition) is 1. The van der Waals surface area contributed by atoms with Crippen LogP contribution in [0.1, 0.15) is 29.4 Å². The van der Waals surface area contributed by atoms with Crippen molar-refractivity contribution in [1.29, 1.82) is 0 Å². The van der Waals surface area contributed by atoms with Crippen LogP contribution in [0, 0.1) is 0 Å². The molecule has 7 heteroatoms. The molecule has 2 aromatic rings. The molecule has 1 aromatic heterocycles. The summed E-state index contributed by atoms with van der Waals surface area (Å²) < 4.78 is 1.12. The van der Waals surface area contributed by atoms with Gasteiger partial charge in [-0.2, -0.15) is 5.48 Å². The molecule has 0 amide bonds. The van der Waals surface area contributed by atoms with Crippen LogP contribution in [0.4, 0.5) is 0 Å². The Kier molecular flexibility index (Phi) is 5.25. The van der Waals surface area contributed by atoms with Crippen LogP contribution in [0.25, 0.3) is 10.1 Å². The van der Waals surface area contributed by atoms with Crippen LogP contribution >= 0.6 is 11.3 Å². The van der Waals surface area contributed by atoms with E-state index in [-0.39, 0.29) is 11.8 Å². The van der Waals surface area contributed by atoms with Gasteiger partial charge in [0.2, 0.25) is 0 Å². The van der Waals surface area contributed by atoms with Crippen molar-refractivity contribution >= 4 is 40.8 Å². The van der Waals surface area contributed by atoms with Crippen molar-refractivity contribution < 1.29 is 14.4 Å². The molecule has 5 nitrogen and oxygen atoms in total. The number of fused-ring (bicyclic) bond motifs is 3. The summed E-state index contributed by atoms with van der Waals surface area (Å²) in [4.78, 5) is 31.7. The number of benzene rings is 1. The second-order valence-corrected chi connectivity index (χ2v) is 6.73. The van der Waals surface area contributed by atoms with E-state index in [2.05, 4.69) is 12.1 Å². The Balaban J connectivity index is 2.09. The van der Waals surface area contributed by atoms with E-state index in [0.29, 0.717) is 13.2 Å². The zero-order chi connectivity index (χ0) is 17.1. The maximum atomic E-state index is 12.3. The number of carbonyl (C=O) groups excluding carboxylic acids is 2. The van der Waals surface area contributed by atoms with Crippen molar-refractivity contribution in [1.82, 2.24) is 10.3 Å². The molecule has 24 heavy (non-hydrogen) atoms. The Bertz CT molecular complexity index is 776. The molecule has 0 saturated heterocycles. The van der Waals surface area contributed by atoms with E-state index in [4.69, 9.17) is 4.84 Å². The van der Waals surface area contributed by atoms with Crippen LogP contribution in [0.15, 0.2) is 36.9 Å². The second kappa shape index (κ2) is 7.40. The molecule has 2 heterocycles. The van der Waals surface area contributed by atoms with E-state index in [1.807, 2.05) is 24.3 Å². The smallest absolute Gasteiger partial charge is 0.294 e. The average Bonchev–Trinajstić information content (AvgIpc) is 2.95. The third-order valence-corrected chi connectivity index (χ3v) is 5.34.